The number of hydrogen-bond donors (Lipinski definition) is 1. The lowest BCUT2D eigenvalue weighted by atomic mass is 9.73. The first-order valence-corrected chi connectivity index (χ1v) is 9.09. The van der Waals surface area contributed by atoms with Crippen molar-refractivity contribution in [3.8, 4) is 0 Å². The van der Waals surface area contributed by atoms with Gasteiger partial charge in [-0.25, -0.2) is 0 Å². The fourth-order valence-electron chi connectivity index (χ4n) is 3.59. The van der Waals surface area contributed by atoms with Crippen molar-refractivity contribution >= 4 is 22.6 Å². The zero-order chi connectivity index (χ0) is 14.5. The van der Waals surface area contributed by atoms with Gasteiger partial charge in [-0.2, -0.15) is 0 Å². The number of nitrogens with one attached hydrogen (secondary N) is 1. The van der Waals surface area contributed by atoms with Crippen LogP contribution in [0.3, 0.4) is 0 Å². The van der Waals surface area contributed by atoms with Gasteiger partial charge < -0.3 is 5.32 Å². The second-order valence-corrected chi connectivity index (χ2v) is 7.89. The molecule has 1 atom stereocenters. The first-order valence-electron chi connectivity index (χ1n) is 8.02. The average molecular weight is 385 g/mol. The Morgan fingerprint density at radius 1 is 1.05 bits per heavy atom. The predicted molar refractivity (Wildman–Crippen MR) is 96.0 cm³/mol. The van der Waals surface area contributed by atoms with Gasteiger partial charge in [-0.3, -0.25) is 0 Å². The number of halogens is 1. The summed E-state index contributed by atoms with van der Waals surface area (Å²) in [4.78, 5) is 0. The molecule has 0 saturated heterocycles. The van der Waals surface area contributed by atoms with Crippen LogP contribution in [0.15, 0.2) is 24.3 Å². The maximum absolute atomic E-state index is 3.58. The van der Waals surface area contributed by atoms with Crippen LogP contribution in [0, 0.1) is 21.3 Å². The predicted octanol–water partition coefficient (Wildman–Crippen LogP) is 4.88. The van der Waals surface area contributed by atoms with E-state index in [9.17, 15) is 0 Å². The minimum absolute atomic E-state index is 0.642. The van der Waals surface area contributed by atoms with Gasteiger partial charge in [0, 0.05) is 9.61 Å². The van der Waals surface area contributed by atoms with Gasteiger partial charge in [0.2, 0.25) is 0 Å². The largest absolute Gasteiger partial charge is 0.316 e. The van der Waals surface area contributed by atoms with Crippen molar-refractivity contribution in [3.63, 3.8) is 0 Å². The second-order valence-electron chi connectivity index (χ2n) is 6.64. The molecule has 0 amide bonds. The van der Waals surface area contributed by atoms with Crippen LogP contribution in [0.2, 0.25) is 0 Å². The van der Waals surface area contributed by atoms with Crippen molar-refractivity contribution in [1.82, 2.24) is 5.32 Å². The molecule has 1 saturated carbocycles. The van der Waals surface area contributed by atoms with E-state index in [0.29, 0.717) is 6.04 Å². The Kier molecular flexibility index (Phi) is 6.34. The smallest absolute Gasteiger partial charge is 0.0133 e. The third-order valence-corrected chi connectivity index (χ3v) is 5.79. The summed E-state index contributed by atoms with van der Waals surface area (Å²) in [6.07, 6.45) is 6.82. The van der Waals surface area contributed by atoms with Gasteiger partial charge in [0.15, 0.2) is 0 Å². The van der Waals surface area contributed by atoms with Crippen LogP contribution >= 0.6 is 22.6 Å². The molecule has 0 aromatic heterocycles. The summed E-state index contributed by atoms with van der Waals surface area (Å²) >= 11 is 2.38. The molecule has 1 nitrogen and oxygen atoms in total. The quantitative estimate of drug-likeness (QED) is 0.712. The van der Waals surface area contributed by atoms with Crippen LogP contribution in [0.25, 0.3) is 0 Å². The van der Waals surface area contributed by atoms with Gasteiger partial charge in [0.25, 0.3) is 0 Å². The Labute approximate surface area is 138 Å². The molecule has 1 unspecified atom stereocenters. The van der Waals surface area contributed by atoms with E-state index in [2.05, 4.69) is 73.1 Å². The minimum Gasteiger partial charge on any atom is -0.316 e. The fourth-order valence-corrected chi connectivity index (χ4v) is 3.95. The van der Waals surface area contributed by atoms with Crippen LogP contribution in [0.1, 0.15) is 45.1 Å². The molecule has 1 aliphatic carbocycles. The average Bonchev–Trinajstić information content (AvgIpc) is 2.47. The van der Waals surface area contributed by atoms with E-state index in [-0.39, 0.29) is 0 Å². The van der Waals surface area contributed by atoms with Gasteiger partial charge in [-0.1, -0.05) is 26.0 Å². The lowest BCUT2D eigenvalue weighted by molar-refractivity contribution is 0.191. The number of rotatable bonds is 5. The lowest BCUT2D eigenvalue weighted by Crippen LogP contribution is -2.38. The molecular weight excluding hydrogens is 357 g/mol. The molecule has 0 radical (unpaired) electrons. The Balaban J connectivity index is 1.91. The molecule has 1 aliphatic rings. The van der Waals surface area contributed by atoms with E-state index >= 15 is 0 Å². The third-order valence-electron chi connectivity index (χ3n) is 5.07. The molecule has 1 aromatic rings. The summed E-state index contributed by atoms with van der Waals surface area (Å²) in [5, 5.41) is 3.58. The van der Waals surface area contributed by atoms with Crippen molar-refractivity contribution < 1.29 is 0 Å². The maximum atomic E-state index is 3.58. The lowest BCUT2D eigenvalue weighted by Gasteiger charge is -2.35. The molecule has 1 N–H and O–H groups in total. The molecule has 0 spiro atoms. The highest BCUT2D eigenvalue weighted by Crippen LogP contribution is 2.35. The highest BCUT2D eigenvalue weighted by atomic mass is 127. The van der Waals surface area contributed by atoms with Crippen molar-refractivity contribution in [2.75, 3.05) is 7.05 Å². The zero-order valence-electron chi connectivity index (χ0n) is 13.0. The van der Waals surface area contributed by atoms with E-state index < -0.39 is 0 Å². The summed E-state index contributed by atoms with van der Waals surface area (Å²) in [6, 6.07) is 9.65. The second kappa shape index (κ2) is 7.79. The number of benzene rings is 1. The van der Waals surface area contributed by atoms with Crippen molar-refractivity contribution in [2.45, 2.75) is 52.0 Å². The molecule has 2 heteroatoms. The van der Waals surface area contributed by atoms with E-state index in [4.69, 9.17) is 0 Å². The summed E-state index contributed by atoms with van der Waals surface area (Å²) < 4.78 is 1.32. The molecule has 1 fully saturated rings. The molecule has 20 heavy (non-hydrogen) atoms. The van der Waals surface area contributed by atoms with Crippen molar-refractivity contribution in [1.29, 1.82) is 0 Å². The normalized spacial score (nSPS) is 24.9. The van der Waals surface area contributed by atoms with Gasteiger partial charge in [0.1, 0.15) is 0 Å². The molecule has 0 bridgehead atoms. The van der Waals surface area contributed by atoms with Gasteiger partial charge >= 0.3 is 0 Å². The van der Waals surface area contributed by atoms with Crippen molar-refractivity contribution in [2.24, 2.45) is 17.8 Å². The third kappa shape index (κ3) is 4.45. The first-order chi connectivity index (χ1) is 9.60. The Bertz CT molecular complexity index is 390. The van der Waals surface area contributed by atoms with Crippen LogP contribution < -0.4 is 5.32 Å². The van der Waals surface area contributed by atoms with Gasteiger partial charge in [0.05, 0.1) is 0 Å². The van der Waals surface area contributed by atoms with E-state index in [1.165, 1.54) is 41.2 Å². The Hall–Kier alpha value is -0.0900. The summed E-state index contributed by atoms with van der Waals surface area (Å²) in [5.74, 6) is 2.68. The van der Waals surface area contributed by atoms with Gasteiger partial charge in [-0.15, -0.1) is 0 Å². The maximum Gasteiger partial charge on any atom is 0.0133 e. The number of hydrogen-bond acceptors (Lipinski definition) is 1. The highest BCUT2D eigenvalue weighted by molar-refractivity contribution is 14.1. The molecule has 112 valence electrons. The van der Waals surface area contributed by atoms with Crippen LogP contribution in [-0.4, -0.2) is 13.1 Å². The SMILES string of the molecule is CNC(Cc1ccc(I)cc1)C1CCC(C(C)C)CC1. The van der Waals surface area contributed by atoms with Gasteiger partial charge in [-0.05, 0) is 97.2 Å². The summed E-state index contributed by atoms with van der Waals surface area (Å²) in [7, 11) is 2.13. The van der Waals surface area contributed by atoms with Crippen LogP contribution in [0.5, 0.6) is 0 Å². The molecule has 0 aliphatic heterocycles. The number of likely N-dealkylation sites (N-methyl/N-ethyl adjacent to an activating group) is 1. The Morgan fingerprint density at radius 2 is 1.60 bits per heavy atom. The monoisotopic (exact) mass is 385 g/mol. The molecule has 2 rings (SSSR count). The fraction of sp³-hybridized carbons (Fsp3) is 0.667. The molecule has 1 aromatic carbocycles. The van der Waals surface area contributed by atoms with E-state index in [1.54, 1.807) is 0 Å². The molecule has 0 heterocycles. The standard InChI is InChI=1S/C18H28IN/c1-13(2)15-6-8-16(9-7-15)18(20-3)12-14-4-10-17(19)11-5-14/h4-5,10-11,13,15-16,18,20H,6-9,12H2,1-3H3. The minimum atomic E-state index is 0.642. The zero-order valence-corrected chi connectivity index (χ0v) is 15.2. The topological polar surface area (TPSA) is 12.0 Å². The Morgan fingerprint density at radius 3 is 2.10 bits per heavy atom. The van der Waals surface area contributed by atoms with Crippen LogP contribution in [0.4, 0.5) is 0 Å². The van der Waals surface area contributed by atoms with Crippen molar-refractivity contribution in [3.05, 3.63) is 33.4 Å². The van der Waals surface area contributed by atoms with Crippen LogP contribution in [-0.2, 0) is 6.42 Å². The van der Waals surface area contributed by atoms with E-state index in [0.717, 1.165) is 17.8 Å². The molecular formula is C18H28IN. The van der Waals surface area contributed by atoms with E-state index in [1.807, 2.05) is 0 Å². The first kappa shape index (κ1) is 16.3. The highest BCUT2D eigenvalue weighted by Gasteiger charge is 2.28. The summed E-state index contributed by atoms with van der Waals surface area (Å²) in [6.45, 7) is 4.76. The summed E-state index contributed by atoms with van der Waals surface area (Å²) in [5.41, 5.74) is 1.47.